The Hall–Kier alpha value is -5.11. The Morgan fingerprint density at radius 2 is 1.97 bits per heavy atom. The molecule has 0 bridgehead atoms. The second-order valence-electron chi connectivity index (χ2n) is 7.93. The molecule has 3 aromatic heterocycles. The van der Waals surface area contributed by atoms with Crippen LogP contribution in [-0.4, -0.2) is 49.2 Å². The van der Waals surface area contributed by atoms with Gasteiger partial charge in [0.25, 0.3) is 5.95 Å². The average Bonchev–Trinajstić information content (AvgIpc) is 3.57. The van der Waals surface area contributed by atoms with E-state index in [0.29, 0.717) is 33.3 Å². The van der Waals surface area contributed by atoms with Crippen molar-refractivity contribution in [1.82, 2.24) is 29.5 Å². The summed E-state index contributed by atoms with van der Waals surface area (Å²) in [5.74, 6) is -0.552. The van der Waals surface area contributed by atoms with Gasteiger partial charge in [-0.25, -0.2) is 18.9 Å². The molecule has 0 fully saturated rings. The van der Waals surface area contributed by atoms with E-state index in [2.05, 4.69) is 26.2 Å². The lowest BCUT2D eigenvalue weighted by molar-refractivity contribution is 0.0526. The molecule has 0 atom stereocenters. The Kier molecular flexibility index (Phi) is 6.30. The van der Waals surface area contributed by atoms with Crippen LogP contribution in [0.4, 0.5) is 4.39 Å². The number of hydrogen-bond donors (Lipinski definition) is 0. The minimum absolute atomic E-state index is 0.101. The molecule has 0 amide bonds. The molecule has 37 heavy (non-hydrogen) atoms. The van der Waals surface area contributed by atoms with Gasteiger partial charge in [0.1, 0.15) is 16.9 Å². The van der Waals surface area contributed by atoms with E-state index in [1.54, 1.807) is 48.0 Å². The number of benzene rings is 2. The molecule has 0 unspecified atom stereocenters. The van der Waals surface area contributed by atoms with Gasteiger partial charge in [-0.15, -0.1) is 0 Å². The number of methoxy groups -OCH3 is 1. The number of rotatable bonds is 7. The molecule has 0 aliphatic carbocycles. The number of nitriles is 1. The largest absolute Gasteiger partial charge is 0.479 e. The van der Waals surface area contributed by atoms with E-state index in [1.165, 1.54) is 36.4 Å². The topological polar surface area (TPSA) is 121 Å². The first-order valence-corrected chi connectivity index (χ1v) is 11.3. The van der Waals surface area contributed by atoms with Crippen molar-refractivity contribution in [1.29, 1.82) is 5.26 Å². The number of hydrogen-bond acceptors (Lipinski definition) is 8. The first-order valence-electron chi connectivity index (χ1n) is 11.3. The molecule has 11 heteroatoms. The number of esters is 1. The third-order valence-corrected chi connectivity index (χ3v) is 5.67. The van der Waals surface area contributed by atoms with Crippen molar-refractivity contribution in [3.63, 3.8) is 0 Å². The van der Waals surface area contributed by atoms with E-state index in [9.17, 15) is 10.1 Å². The number of fused-ring (bicyclic) bond motifs is 1. The van der Waals surface area contributed by atoms with Gasteiger partial charge in [0.05, 0.1) is 49.9 Å². The van der Waals surface area contributed by atoms with Crippen LogP contribution in [0.5, 0.6) is 5.88 Å². The van der Waals surface area contributed by atoms with Crippen LogP contribution in [0, 0.1) is 17.1 Å². The predicted molar refractivity (Wildman–Crippen MR) is 131 cm³/mol. The molecule has 0 spiro atoms. The summed E-state index contributed by atoms with van der Waals surface area (Å²) >= 11 is 0. The molecular formula is C26H20FN7O3. The van der Waals surface area contributed by atoms with E-state index in [4.69, 9.17) is 9.47 Å². The summed E-state index contributed by atoms with van der Waals surface area (Å²) in [6, 6.07) is 14.0. The summed E-state index contributed by atoms with van der Waals surface area (Å²) < 4.78 is 28.5. The lowest BCUT2D eigenvalue weighted by atomic mass is 9.99. The fourth-order valence-corrected chi connectivity index (χ4v) is 3.91. The van der Waals surface area contributed by atoms with Gasteiger partial charge in [-0.3, -0.25) is 4.68 Å². The van der Waals surface area contributed by atoms with Crippen molar-refractivity contribution in [3.8, 4) is 29.0 Å². The Bertz CT molecular complexity index is 1670. The Morgan fingerprint density at radius 1 is 1.14 bits per heavy atom. The molecular weight excluding hydrogens is 477 g/mol. The van der Waals surface area contributed by atoms with Crippen LogP contribution in [0.1, 0.15) is 28.4 Å². The maximum atomic E-state index is 15.1. The van der Waals surface area contributed by atoms with Gasteiger partial charge in [0, 0.05) is 11.8 Å². The maximum Gasteiger partial charge on any atom is 0.341 e. The first kappa shape index (κ1) is 23.6. The molecule has 5 rings (SSSR count). The zero-order valence-corrected chi connectivity index (χ0v) is 19.9. The summed E-state index contributed by atoms with van der Waals surface area (Å²) in [5.41, 5.74) is 3.31. The molecule has 0 aliphatic rings. The second kappa shape index (κ2) is 9.87. The Balaban J connectivity index is 1.47. The minimum atomic E-state index is -0.501. The van der Waals surface area contributed by atoms with Gasteiger partial charge in [0.15, 0.2) is 0 Å². The highest BCUT2D eigenvalue weighted by atomic mass is 19.1. The molecule has 2 aromatic carbocycles. The molecule has 3 heterocycles. The zero-order chi connectivity index (χ0) is 25.9. The zero-order valence-electron chi connectivity index (χ0n) is 19.9. The fraction of sp³-hybridized carbons (Fsp3) is 0.154. The summed E-state index contributed by atoms with van der Waals surface area (Å²) in [6.45, 7) is 2.06. The molecule has 5 aromatic rings. The number of ether oxygens (including phenoxy) is 2. The smallest absolute Gasteiger partial charge is 0.341 e. The van der Waals surface area contributed by atoms with Gasteiger partial charge < -0.3 is 9.47 Å². The van der Waals surface area contributed by atoms with Crippen molar-refractivity contribution in [2.24, 2.45) is 0 Å². The van der Waals surface area contributed by atoms with Gasteiger partial charge >= 0.3 is 5.97 Å². The highest BCUT2D eigenvalue weighted by Crippen LogP contribution is 2.28. The quantitative estimate of drug-likeness (QED) is 0.310. The first-order chi connectivity index (χ1) is 18.0. The van der Waals surface area contributed by atoms with Gasteiger partial charge in [-0.2, -0.15) is 20.4 Å². The normalized spacial score (nSPS) is 10.9. The number of halogens is 1. The molecule has 10 nitrogen and oxygen atoms in total. The number of aromatic nitrogens is 6. The van der Waals surface area contributed by atoms with E-state index in [1.807, 2.05) is 0 Å². The van der Waals surface area contributed by atoms with Crippen LogP contribution >= 0.6 is 0 Å². The monoisotopic (exact) mass is 497 g/mol. The average molecular weight is 497 g/mol. The SMILES string of the molecule is CCOC(=O)c1cnn(-c2nc(OC)c3c(cnn3Cc3ccc(-c4ccccc4C#N)cc3F)n2)c1. The summed E-state index contributed by atoms with van der Waals surface area (Å²) in [4.78, 5) is 20.9. The molecule has 0 aliphatic heterocycles. The summed E-state index contributed by atoms with van der Waals surface area (Å²) in [7, 11) is 1.46. The Morgan fingerprint density at radius 3 is 2.73 bits per heavy atom. The van der Waals surface area contributed by atoms with E-state index >= 15 is 4.39 Å². The molecule has 0 saturated carbocycles. The van der Waals surface area contributed by atoms with Crippen LogP contribution in [0.15, 0.2) is 61.1 Å². The lowest BCUT2D eigenvalue weighted by Crippen LogP contribution is -2.08. The number of nitrogens with zero attached hydrogens (tertiary/aromatic N) is 7. The van der Waals surface area contributed by atoms with Crippen molar-refractivity contribution in [3.05, 3.63) is 83.6 Å². The van der Waals surface area contributed by atoms with Crippen molar-refractivity contribution >= 4 is 17.0 Å². The minimum Gasteiger partial charge on any atom is -0.479 e. The molecule has 0 N–H and O–H groups in total. The van der Waals surface area contributed by atoms with E-state index in [-0.39, 0.29) is 30.5 Å². The van der Waals surface area contributed by atoms with Crippen molar-refractivity contribution < 1.29 is 18.7 Å². The highest BCUT2D eigenvalue weighted by Gasteiger charge is 2.18. The van der Waals surface area contributed by atoms with Crippen LogP contribution in [0.3, 0.4) is 0 Å². The standard InChI is InChI=1S/C26H20FN7O3/c1-3-37-25(35)19-12-29-34(15-19)26-31-22-13-30-33(23(22)24(32-26)36-2)14-18-9-8-16(10-21(18)27)20-7-5-4-6-17(20)11-28/h4-10,12-13,15H,3,14H2,1-2H3. The van der Waals surface area contributed by atoms with Gasteiger partial charge in [-0.1, -0.05) is 30.3 Å². The van der Waals surface area contributed by atoms with Crippen LogP contribution in [0.25, 0.3) is 28.1 Å². The molecule has 0 saturated heterocycles. The van der Waals surface area contributed by atoms with Crippen LogP contribution < -0.4 is 4.74 Å². The third-order valence-electron chi connectivity index (χ3n) is 5.67. The third kappa shape index (κ3) is 4.48. The van der Waals surface area contributed by atoms with Crippen molar-refractivity contribution in [2.45, 2.75) is 13.5 Å². The summed E-state index contributed by atoms with van der Waals surface area (Å²) in [5, 5.41) is 17.9. The molecule has 0 radical (unpaired) electrons. The van der Waals surface area contributed by atoms with Crippen LogP contribution in [0.2, 0.25) is 0 Å². The second-order valence-corrected chi connectivity index (χ2v) is 7.93. The highest BCUT2D eigenvalue weighted by molar-refractivity contribution is 5.88. The van der Waals surface area contributed by atoms with Gasteiger partial charge in [-0.05, 0) is 30.2 Å². The Labute approximate surface area is 210 Å². The predicted octanol–water partition coefficient (Wildman–Crippen LogP) is 3.92. The lowest BCUT2D eigenvalue weighted by Gasteiger charge is -2.10. The van der Waals surface area contributed by atoms with E-state index < -0.39 is 11.8 Å². The van der Waals surface area contributed by atoms with Crippen LogP contribution in [-0.2, 0) is 11.3 Å². The summed E-state index contributed by atoms with van der Waals surface area (Å²) in [6.07, 6.45) is 4.35. The fourth-order valence-electron chi connectivity index (χ4n) is 3.91. The van der Waals surface area contributed by atoms with Gasteiger partial charge in [0.2, 0.25) is 5.88 Å². The molecule has 184 valence electrons. The maximum absolute atomic E-state index is 15.1. The number of carbonyl (C=O) groups excluding carboxylic acids is 1. The number of carbonyl (C=O) groups is 1. The van der Waals surface area contributed by atoms with E-state index in [0.717, 1.165) is 0 Å². The van der Waals surface area contributed by atoms with Crippen molar-refractivity contribution in [2.75, 3.05) is 13.7 Å².